The van der Waals surface area contributed by atoms with Crippen LogP contribution < -0.4 is 5.32 Å². The number of nitrogens with one attached hydrogen (secondary N) is 1. The van der Waals surface area contributed by atoms with Crippen LogP contribution in [-0.2, 0) is 0 Å². The smallest absolute Gasteiger partial charge is 0.00465 e. The summed E-state index contributed by atoms with van der Waals surface area (Å²) in [6.45, 7) is 13.3. The Labute approximate surface area is 102 Å². The van der Waals surface area contributed by atoms with E-state index in [0.717, 1.165) is 11.8 Å². The lowest BCUT2D eigenvalue weighted by Crippen LogP contribution is -2.26. The van der Waals surface area contributed by atoms with Crippen LogP contribution in [0.1, 0.15) is 60.3 Å². The van der Waals surface area contributed by atoms with E-state index in [2.05, 4.69) is 47.0 Å². The van der Waals surface area contributed by atoms with Crippen LogP contribution in [0.25, 0.3) is 0 Å². The Hall–Kier alpha value is -0.0400. The summed E-state index contributed by atoms with van der Waals surface area (Å²) in [4.78, 5) is 0. The lowest BCUT2D eigenvalue weighted by Gasteiger charge is -2.32. The van der Waals surface area contributed by atoms with Gasteiger partial charge >= 0.3 is 0 Å². The average Bonchev–Trinajstić information content (AvgIpc) is 2.92. The Bertz CT molecular complexity index is 225. The molecule has 0 aromatic heterocycles. The summed E-state index contributed by atoms with van der Waals surface area (Å²) in [6, 6.07) is 0. The van der Waals surface area contributed by atoms with Crippen LogP contribution in [0.5, 0.6) is 0 Å². The minimum atomic E-state index is 0.605. The van der Waals surface area contributed by atoms with Crippen molar-refractivity contribution in [3.05, 3.63) is 0 Å². The molecule has 0 heterocycles. The van der Waals surface area contributed by atoms with Gasteiger partial charge in [0.05, 0.1) is 0 Å². The molecule has 4 unspecified atom stereocenters. The van der Waals surface area contributed by atoms with E-state index < -0.39 is 0 Å². The molecule has 1 nitrogen and oxygen atoms in total. The summed E-state index contributed by atoms with van der Waals surface area (Å²) in [7, 11) is 2.07. The molecule has 0 bridgehead atoms. The van der Waals surface area contributed by atoms with Gasteiger partial charge in [0, 0.05) is 0 Å². The first kappa shape index (κ1) is 14.0. The van der Waals surface area contributed by atoms with Gasteiger partial charge in [0.25, 0.3) is 0 Å². The fourth-order valence-electron chi connectivity index (χ4n) is 3.87. The van der Waals surface area contributed by atoms with Crippen LogP contribution in [0.4, 0.5) is 0 Å². The normalized spacial score (nSPS) is 37.1. The number of rotatable bonds is 7. The zero-order chi connectivity index (χ0) is 12.4. The van der Waals surface area contributed by atoms with Gasteiger partial charge in [-0.15, -0.1) is 0 Å². The van der Waals surface area contributed by atoms with Gasteiger partial charge in [0.15, 0.2) is 0 Å². The summed E-state index contributed by atoms with van der Waals surface area (Å²) in [5, 5.41) is 3.31. The first-order chi connectivity index (χ1) is 7.47. The molecule has 0 saturated heterocycles. The quantitative estimate of drug-likeness (QED) is 0.688. The van der Waals surface area contributed by atoms with Gasteiger partial charge < -0.3 is 5.32 Å². The molecule has 1 fully saturated rings. The second-order valence-electron chi connectivity index (χ2n) is 6.27. The molecular formula is C15H31N. The maximum absolute atomic E-state index is 3.31. The van der Waals surface area contributed by atoms with Crippen LogP contribution in [0.3, 0.4) is 0 Å². The largest absolute Gasteiger partial charge is 0.320 e. The molecule has 0 amide bonds. The van der Waals surface area contributed by atoms with E-state index in [4.69, 9.17) is 0 Å². The van der Waals surface area contributed by atoms with Crippen molar-refractivity contribution < 1.29 is 0 Å². The Balaban J connectivity index is 2.68. The highest BCUT2D eigenvalue weighted by Gasteiger charge is 2.64. The van der Waals surface area contributed by atoms with Crippen LogP contribution in [0, 0.1) is 22.7 Å². The lowest BCUT2D eigenvalue weighted by atomic mass is 9.73. The molecule has 0 aliphatic heterocycles. The van der Waals surface area contributed by atoms with Crippen LogP contribution >= 0.6 is 0 Å². The van der Waals surface area contributed by atoms with Crippen molar-refractivity contribution >= 4 is 0 Å². The van der Waals surface area contributed by atoms with Crippen molar-refractivity contribution in [1.29, 1.82) is 0 Å². The predicted octanol–water partition coefficient (Wildman–Crippen LogP) is 4.08. The zero-order valence-electron chi connectivity index (χ0n) is 12.2. The molecule has 96 valence electrons. The van der Waals surface area contributed by atoms with Crippen LogP contribution in [-0.4, -0.2) is 13.6 Å². The molecule has 1 saturated carbocycles. The lowest BCUT2D eigenvalue weighted by molar-refractivity contribution is 0.170. The molecule has 0 radical (unpaired) electrons. The zero-order valence-corrected chi connectivity index (χ0v) is 12.2. The van der Waals surface area contributed by atoms with Gasteiger partial charge in [0.1, 0.15) is 0 Å². The molecule has 1 aliphatic rings. The third-order valence-corrected chi connectivity index (χ3v) is 5.71. The van der Waals surface area contributed by atoms with E-state index in [-0.39, 0.29) is 0 Å². The van der Waals surface area contributed by atoms with Gasteiger partial charge in [-0.2, -0.15) is 0 Å². The standard InChI is InChI=1S/C15H31N/c1-7-12(3)13(4)15(8-2)11-14(15,5)9-10-16-6/h12-13,16H,7-11H2,1-6H3. The van der Waals surface area contributed by atoms with E-state index >= 15 is 0 Å². The summed E-state index contributed by atoms with van der Waals surface area (Å²) in [5.41, 5.74) is 1.24. The van der Waals surface area contributed by atoms with Crippen molar-refractivity contribution in [2.75, 3.05) is 13.6 Å². The average molecular weight is 225 g/mol. The van der Waals surface area contributed by atoms with Crippen molar-refractivity contribution in [2.24, 2.45) is 22.7 Å². The minimum absolute atomic E-state index is 0.605. The summed E-state index contributed by atoms with van der Waals surface area (Å²) in [6.07, 6.45) is 5.48. The third-order valence-electron chi connectivity index (χ3n) is 5.71. The van der Waals surface area contributed by atoms with Gasteiger partial charge in [-0.3, -0.25) is 0 Å². The van der Waals surface area contributed by atoms with E-state index in [1.54, 1.807) is 0 Å². The first-order valence-electron chi connectivity index (χ1n) is 7.12. The van der Waals surface area contributed by atoms with E-state index in [9.17, 15) is 0 Å². The maximum Gasteiger partial charge on any atom is -0.00465 e. The van der Waals surface area contributed by atoms with Crippen molar-refractivity contribution in [3.8, 4) is 0 Å². The Morgan fingerprint density at radius 1 is 1.25 bits per heavy atom. The monoisotopic (exact) mass is 225 g/mol. The van der Waals surface area contributed by atoms with Crippen molar-refractivity contribution in [1.82, 2.24) is 5.32 Å². The Morgan fingerprint density at radius 2 is 1.88 bits per heavy atom. The van der Waals surface area contributed by atoms with Gasteiger partial charge in [-0.1, -0.05) is 41.0 Å². The molecule has 1 aliphatic carbocycles. The molecule has 1 heteroatoms. The molecule has 1 rings (SSSR count). The van der Waals surface area contributed by atoms with Gasteiger partial charge in [0.2, 0.25) is 0 Å². The SMILES string of the molecule is CCC(C)C(C)C1(CC)CC1(C)CCNC. The Kier molecular flexibility index (Phi) is 4.45. The van der Waals surface area contributed by atoms with E-state index in [1.165, 1.54) is 32.2 Å². The second-order valence-corrected chi connectivity index (χ2v) is 6.27. The number of hydrogen-bond donors (Lipinski definition) is 1. The summed E-state index contributed by atoms with van der Waals surface area (Å²) in [5.74, 6) is 1.75. The van der Waals surface area contributed by atoms with E-state index in [1.807, 2.05) is 0 Å². The molecule has 1 N–H and O–H groups in total. The van der Waals surface area contributed by atoms with Crippen molar-refractivity contribution in [3.63, 3.8) is 0 Å². The van der Waals surface area contributed by atoms with Crippen LogP contribution in [0.2, 0.25) is 0 Å². The summed E-state index contributed by atoms with van der Waals surface area (Å²) < 4.78 is 0. The predicted molar refractivity (Wildman–Crippen MR) is 72.6 cm³/mol. The second kappa shape index (κ2) is 5.08. The topological polar surface area (TPSA) is 12.0 Å². The fraction of sp³-hybridized carbons (Fsp3) is 1.00. The molecular weight excluding hydrogens is 194 g/mol. The molecule has 0 spiro atoms. The van der Waals surface area contributed by atoms with Gasteiger partial charge in [-0.25, -0.2) is 0 Å². The summed E-state index contributed by atoms with van der Waals surface area (Å²) >= 11 is 0. The van der Waals surface area contributed by atoms with Crippen molar-refractivity contribution in [2.45, 2.75) is 60.3 Å². The third kappa shape index (κ3) is 2.16. The fourth-order valence-corrected chi connectivity index (χ4v) is 3.87. The van der Waals surface area contributed by atoms with Gasteiger partial charge in [-0.05, 0) is 55.5 Å². The highest BCUT2D eigenvalue weighted by Crippen LogP contribution is 2.72. The molecule has 4 atom stereocenters. The Morgan fingerprint density at radius 3 is 2.31 bits per heavy atom. The number of hydrogen-bond acceptors (Lipinski definition) is 1. The highest BCUT2D eigenvalue weighted by molar-refractivity contribution is 5.13. The first-order valence-corrected chi connectivity index (χ1v) is 7.12. The molecule has 16 heavy (non-hydrogen) atoms. The van der Waals surface area contributed by atoms with Crippen LogP contribution in [0.15, 0.2) is 0 Å². The van der Waals surface area contributed by atoms with E-state index in [0.29, 0.717) is 10.8 Å². The minimum Gasteiger partial charge on any atom is -0.320 e. The molecule has 0 aromatic carbocycles. The maximum atomic E-state index is 3.31. The highest BCUT2D eigenvalue weighted by atomic mass is 14.8. The molecule has 0 aromatic rings.